The summed E-state index contributed by atoms with van der Waals surface area (Å²) in [4.78, 5) is 13.0. The number of aromatic carboxylic acids is 1. The summed E-state index contributed by atoms with van der Waals surface area (Å²) >= 11 is 0. The highest BCUT2D eigenvalue weighted by atomic mass is 16.5. The van der Waals surface area contributed by atoms with Crippen LogP contribution in [0.5, 0.6) is 0 Å². The van der Waals surface area contributed by atoms with E-state index >= 15 is 0 Å². The molecule has 1 heterocycles. The van der Waals surface area contributed by atoms with Crippen LogP contribution in [0.25, 0.3) is 0 Å². The number of nitrogens with one attached hydrogen (secondary N) is 1. The Kier molecular flexibility index (Phi) is 4.73. The van der Waals surface area contributed by atoms with Crippen molar-refractivity contribution in [1.82, 2.24) is 0 Å². The number of methoxy groups -OCH3 is 1. The Morgan fingerprint density at radius 2 is 1.64 bits per heavy atom. The van der Waals surface area contributed by atoms with Crippen LogP contribution in [0.1, 0.15) is 33.9 Å². The molecular formula is C22H20N2O4. The van der Waals surface area contributed by atoms with Crippen molar-refractivity contribution < 1.29 is 19.7 Å². The summed E-state index contributed by atoms with van der Waals surface area (Å²) in [6.45, 7) is 0. The molecule has 2 atom stereocenters. The molecule has 0 amide bonds. The number of ether oxygens (including phenoxy) is 1. The summed E-state index contributed by atoms with van der Waals surface area (Å²) in [6.07, 6.45) is -1.49. The fourth-order valence-corrected chi connectivity index (χ4v) is 3.51. The predicted molar refractivity (Wildman–Crippen MR) is 107 cm³/mol. The molecule has 1 aliphatic heterocycles. The summed E-state index contributed by atoms with van der Waals surface area (Å²) in [6, 6.07) is 22.2. The summed E-state index contributed by atoms with van der Waals surface area (Å²) in [5.41, 5.74) is 4.14. The Hall–Kier alpha value is -3.35. The van der Waals surface area contributed by atoms with Crippen molar-refractivity contribution in [2.45, 2.75) is 12.5 Å². The van der Waals surface area contributed by atoms with E-state index in [0.29, 0.717) is 11.1 Å². The number of aliphatic hydroxyl groups is 1. The van der Waals surface area contributed by atoms with Gasteiger partial charge in [0.05, 0.1) is 5.56 Å². The van der Waals surface area contributed by atoms with Gasteiger partial charge >= 0.3 is 5.97 Å². The van der Waals surface area contributed by atoms with Gasteiger partial charge in [0, 0.05) is 35.3 Å². The van der Waals surface area contributed by atoms with Gasteiger partial charge in [-0.2, -0.15) is 0 Å². The molecule has 28 heavy (non-hydrogen) atoms. The second kappa shape index (κ2) is 7.34. The molecule has 3 N–H and O–H groups in total. The van der Waals surface area contributed by atoms with Crippen LogP contribution in [0, 0.1) is 0 Å². The summed E-state index contributed by atoms with van der Waals surface area (Å²) in [5.74, 6) is -1.01. The Bertz CT molecular complexity index is 989. The number of fused-ring (bicyclic) bond motifs is 1. The maximum Gasteiger partial charge on any atom is 0.335 e. The van der Waals surface area contributed by atoms with Crippen LogP contribution < -0.4 is 10.2 Å². The van der Waals surface area contributed by atoms with Crippen molar-refractivity contribution in [1.29, 1.82) is 0 Å². The zero-order valence-electron chi connectivity index (χ0n) is 15.2. The predicted octanol–water partition coefficient (Wildman–Crippen LogP) is 4.28. The lowest BCUT2D eigenvalue weighted by Crippen LogP contribution is -2.26. The Balaban J connectivity index is 1.62. The van der Waals surface area contributed by atoms with Gasteiger partial charge in [-0.1, -0.05) is 24.3 Å². The third-order valence-corrected chi connectivity index (χ3v) is 4.85. The largest absolute Gasteiger partial charge is 0.478 e. The molecule has 0 aromatic heterocycles. The highest BCUT2D eigenvalue weighted by Gasteiger charge is 2.38. The van der Waals surface area contributed by atoms with Gasteiger partial charge in [0.15, 0.2) is 12.5 Å². The van der Waals surface area contributed by atoms with E-state index in [9.17, 15) is 15.0 Å². The van der Waals surface area contributed by atoms with Gasteiger partial charge in [0.25, 0.3) is 0 Å². The van der Waals surface area contributed by atoms with Gasteiger partial charge in [0.1, 0.15) is 0 Å². The molecule has 0 radical (unpaired) electrons. The zero-order valence-corrected chi connectivity index (χ0v) is 15.2. The Morgan fingerprint density at radius 1 is 0.964 bits per heavy atom. The molecule has 6 heteroatoms. The van der Waals surface area contributed by atoms with E-state index in [1.807, 2.05) is 54.6 Å². The first kappa shape index (κ1) is 18.0. The first-order chi connectivity index (χ1) is 13.6. The molecule has 142 valence electrons. The number of hydrogen-bond donors (Lipinski definition) is 3. The third-order valence-electron chi connectivity index (χ3n) is 4.85. The maximum atomic E-state index is 11.3. The number of carboxylic acid groups (broad SMARTS) is 1. The number of hydrogen-bond acceptors (Lipinski definition) is 5. The normalized spacial score (nSPS) is 18.0. The fourth-order valence-electron chi connectivity index (χ4n) is 3.51. The topological polar surface area (TPSA) is 82.0 Å². The average Bonchev–Trinajstić information content (AvgIpc) is 3.00. The number of aliphatic hydroxyl groups excluding tert-OH is 1. The van der Waals surface area contributed by atoms with Crippen molar-refractivity contribution in [3.63, 3.8) is 0 Å². The molecule has 0 saturated carbocycles. The molecule has 3 aromatic carbocycles. The van der Waals surface area contributed by atoms with Crippen LogP contribution in [0.4, 0.5) is 17.1 Å². The number of carbonyl (C=O) groups is 1. The summed E-state index contributed by atoms with van der Waals surface area (Å²) in [7, 11) is 1.54. The minimum Gasteiger partial charge on any atom is -0.478 e. The smallest absolute Gasteiger partial charge is 0.335 e. The highest BCUT2D eigenvalue weighted by Crippen LogP contribution is 2.44. The first-order valence-electron chi connectivity index (χ1n) is 8.87. The number of benzene rings is 3. The summed E-state index contributed by atoms with van der Waals surface area (Å²) < 4.78 is 5.59. The molecule has 0 bridgehead atoms. The van der Waals surface area contributed by atoms with Gasteiger partial charge in [-0.3, -0.25) is 0 Å². The van der Waals surface area contributed by atoms with Crippen LogP contribution in [0.2, 0.25) is 0 Å². The highest BCUT2D eigenvalue weighted by molar-refractivity contribution is 5.88. The van der Waals surface area contributed by atoms with Crippen LogP contribution in [0.3, 0.4) is 0 Å². The number of rotatable bonds is 5. The SMILES string of the molecule is COC1c2cc(C(=O)O)ccc2C(O)N1c1ccc(Nc2ccccc2)cc1. The van der Waals surface area contributed by atoms with E-state index in [1.54, 1.807) is 17.0 Å². The Morgan fingerprint density at radius 3 is 2.29 bits per heavy atom. The molecule has 6 nitrogen and oxygen atoms in total. The second-order valence-corrected chi connectivity index (χ2v) is 6.56. The standard InChI is InChI=1S/C22H20N2O4/c1-28-21-19-13-14(22(26)27)7-12-18(19)20(25)24(21)17-10-8-16(9-11-17)23-15-5-3-2-4-6-15/h2-13,20-21,23,25H,1H3,(H,26,27). The van der Waals surface area contributed by atoms with Crippen LogP contribution in [-0.4, -0.2) is 23.3 Å². The first-order valence-corrected chi connectivity index (χ1v) is 8.87. The average molecular weight is 376 g/mol. The second-order valence-electron chi connectivity index (χ2n) is 6.56. The lowest BCUT2D eigenvalue weighted by Gasteiger charge is -2.29. The van der Waals surface area contributed by atoms with E-state index in [-0.39, 0.29) is 5.56 Å². The van der Waals surface area contributed by atoms with Gasteiger partial charge in [0.2, 0.25) is 0 Å². The van der Waals surface area contributed by atoms with Gasteiger partial charge in [-0.05, 0) is 48.5 Å². The van der Waals surface area contributed by atoms with Crippen molar-refractivity contribution in [3.8, 4) is 0 Å². The van der Waals surface area contributed by atoms with E-state index < -0.39 is 18.4 Å². The minimum atomic E-state index is -1.01. The molecule has 0 spiro atoms. The van der Waals surface area contributed by atoms with Crippen molar-refractivity contribution in [2.75, 3.05) is 17.3 Å². The number of anilines is 3. The molecule has 3 aromatic rings. The van der Waals surface area contributed by atoms with Crippen LogP contribution in [0.15, 0.2) is 72.8 Å². The third kappa shape index (κ3) is 3.19. The molecular weight excluding hydrogens is 356 g/mol. The number of nitrogens with zero attached hydrogens (tertiary/aromatic N) is 1. The molecule has 4 rings (SSSR count). The van der Waals surface area contributed by atoms with Gasteiger partial charge in [-0.15, -0.1) is 0 Å². The fraction of sp³-hybridized carbons (Fsp3) is 0.136. The quantitative estimate of drug-likeness (QED) is 0.616. The van der Waals surface area contributed by atoms with Crippen molar-refractivity contribution in [2.24, 2.45) is 0 Å². The van der Waals surface area contributed by atoms with E-state index in [0.717, 1.165) is 17.1 Å². The maximum absolute atomic E-state index is 11.3. The van der Waals surface area contributed by atoms with Crippen molar-refractivity contribution >= 4 is 23.0 Å². The van der Waals surface area contributed by atoms with Crippen LogP contribution in [-0.2, 0) is 4.74 Å². The zero-order chi connectivity index (χ0) is 19.7. The molecule has 0 fully saturated rings. The lowest BCUT2D eigenvalue weighted by molar-refractivity contribution is 0.0684. The minimum absolute atomic E-state index is 0.164. The van der Waals surface area contributed by atoms with E-state index in [2.05, 4.69) is 5.32 Å². The van der Waals surface area contributed by atoms with Crippen LogP contribution >= 0.6 is 0 Å². The van der Waals surface area contributed by atoms with Crippen molar-refractivity contribution in [3.05, 3.63) is 89.5 Å². The summed E-state index contributed by atoms with van der Waals surface area (Å²) in [5, 5.41) is 23.4. The molecule has 0 aliphatic carbocycles. The molecule has 1 aliphatic rings. The van der Waals surface area contributed by atoms with Gasteiger partial charge < -0.3 is 25.2 Å². The van der Waals surface area contributed by atoms with Gasteiger partial charge in [-0.25, -0.2) is 4.79 Å². The number of carboxylic acids is 1. The molecule has 0 saturated heterocycles. The lowest BCUT2D eigenvalue weighted by atomic mass is 10.1. The molecule has 2 unspecified atom stereocenters. The van der Waals surface area contributed by atoms with E-state index in [4.69, 9.17) is 4.74 Å². The van der Waals surface area contributed by atoms with E-state index in [1.165, 1.54) is 13.2 Å². The Labute approximate surface area is 162 Å². The number of para-hydroxylation sites is 1. The monoisotopic (exact) mass is 376 g/mol.